The molecule has 0 radical (unpaired) electrons. The third kappa shape index (κ3) is 3.45. The van der Waals surface area contributed by atoms with E-state index in [9.17, 15) is 9.59 Å². The van der Waals surface area contributed by atoms with Crippen LogP contribution in [0, 0.1) is 13.8 Å². The van der Waals surface area contributed by atoms with E-state index in [-0.39, 0.29) is 17.9 Å². The molecule has 2 aromatic heterocycles. The Bertz CT molecular complexity index is 1260. The summed E-state index contributed by atoms with van der Waals surface area (Å²) in [6, 6.07) is 13.3. The van der Waals surface area contributed by atoms with Crippen LogP contribution in [0.4, 0.5) is 0 Å². The number of aromatic nitrogens is 2. The summed E-state index contributed by atoms with van der Waals surface area (Å²) >= 11 is 4.80. The molecule has 4 rings (SSSR count). The normalized spacial score (nSPS) is 11.1. The topological polar surface area (TPSA) is 52.0 Å². The fourth-order valence-electron chi connectivity index (χ4n) is 3.08. The van der Waals surface area contributed by atoms with Gasteiger partial charge >= 0.3 is 0 Å². The van der Waals surface area contributed by atoms with Crippen molar-refractivity contribution in [2.45, 2.75) is 20.4 Å². The molecule has 4 nitrogen and oxygen atoms in total. The molecule has 2 heterocycles. The van der Waals surface area contributed by atoms with Crippen LogP contribution in [-0.4, -0.2) is 15.3 Å². The molecule has 0 fully saturated rings. The highest BCUT2D eigenvalue weighted by molar-refractivity contribution is 9.10. The van der Waals surface area contributed by atoms with E-state index in [4.69, 9.17) is 0 Å². The molecule has 0 saturated carbocycles. The van der Waals surface area contributed by atoms with Crippen molar-refractivity contribution in [3.05, 3.63) is 85.7 Å². The van der Waals surface area contributed by atoms with Crippen molar-refractivity contribution < 1.29 is 4.79 Å². The molecule has 0 bridgehead atoms. The van der Waals surface area contributed by atoms with Crippen molar-refractivity contribution >= 4 is 43.3 Å². The Morgan fingerprint density at radius 3 is 2.57 bits per heavy atom. The molecule has 0 N–H and O–H groups in total. The lowest BCUT2D eigenvalue weighted by Crippen LogP contribution is -2.24. The van der Waals surface area contributed by atoms with E-state index in [1.165, 1.54) is 33.4 Å². The molecule has 0 aliphatic carbocycles. The Labute approximate surface area is 174 Å². The second-order valence-electron chi connectivity index (χ2n) is 6.74. The quantitative estimate of drug-likeness (QED) is 0.390. The molecule has 140 valence electrons. The molecule has 4 aromatic rings. The predicted octanol–water partition coefficient (Wildman–Crippen LogP) is 5.39. The number of hydrogen-bond donors (Lipinski definition) is 0. The lowest BCUT2D eigenvalue weighted by molar-refractivity contribution is 0.0970. The minimum Gasteiger partial charge on any atom is -0.292 e. The highest BCUT2D eigenvalue weighted by Crippen LogP contribution is 2.31. The molecular formula is C22H17BrN2O2S. The van der Waals surface area contributed by atoms with Crippen LogP contribution in [0.15, 0.2) is 63.4 Å². The minimum atomic E-state index is -0.190. The highest BCUT2D eigenvalue weighted by atomic mass is 79.9. The Morgan fingerprint density at radius 1 is 1.11 bits per heavy atom. The molecule has 0 unspecified atom stereocenters. The lowest BCUT2D eigenvalue weighted by Gasteiger charge is -2.07. The van der Waals surface area contributed by atoms with Crippen LogP contribution in [0.25, 0.3) is 21.3 Å². The van der Waals surface area contributed by atoms with E-state index < -0.39 is 0 Å². The zero-order valence-corrected chi connectivity index (χ0v) is 17.8. The zero-order valence-electron chi connectivity index (χ0n) is 15.4. The number of aryl methyl sites for hydroxylation is 2. The first-order valence-electron chi connectivity index (χ1n) is 8.77. The molecular weight excluding hydrogens is 436 g/mol. The first kappa shape index (κ1) is 18.8. The molecule has 0 amide bonds. The molecule has 0 aliphatic heterocycles. The van der Waals surface area contributed by atoms with Gasteiger partial charge in [-0.25, -0.2) is 4.98 Å². The Hall–Kier alpha value is -2.57. The van der Waals surface area contributed by atoms with Crippen LogP contribution >= 0.6 is 27.3 Å². The van der Waals surface area contributed by atoms with E-state index in [1.54, 1.807) is 12.1 Å². The van der Waals surface area contributed by atoms with Gasteiger partial charge in [-0.2, -0.15) is 0 Å². The van der Waals surface area contributed by atoms with Crippen LogP contribution in [0.1, 0.15) is 21.5 Å². The lowest BCUT2D eigenvalue weighted by atomic mass is 10.0. The van der Waals surface area contributed by atoms with Crippen LogP contribution in [0.2, 0.25) is 0 Å². The van der Waals surface area contributed by atoms with Crippen LogP contribution in [0.5, 0.6) is 0 Å². The van der Waals surface area contributed by atoms with Crippen molar-refractivity contribution in [3.63, 3.8) is 0 Å². The van der Waals surface area contributed by atoms with Crippen molar-refractivity contribution in [2.24, 2.45) is 0 Å². The van der Waals surface area contributed by atoms with Crippen LogP contribution < -0.4 is 5.56 Å². The van der Waals surface area contributed by atoms with Crippen molar-refractivity contribution in [3.8, 4) is 11.1 Å². The molecule has 0 atom stereocenters. The van der Waals surface area contributed by atoms with E-state index >= 15 is 0 Å². The summed E-state index contributed by atoms with van der Waals surface area (Å²) in [6.45, 7) is 4.08. The number of Topliss-reactive ketones (excluding diaryl/α,β-unsaturated/α-hetero) is 1. The summed E-state index contributed by atoms with van der Waals surface area (Å²) in [5, 5.41) is 2.53. The van der Waals surface area contributed by atoms with E-state index in [2.05, 4.69) is 46.9 Å². The van der Waals surface area contributed by atoms with Crippen molar-refractivity contribution in [2.75, 3.05) is 0 Å². The Morgan fingerprint density at radius 2 is 1.86 bits per heavy atom. The number of thiophene rings is 1. The van der Waals surface area contributed by atoms with Gasteiger partial charge in [0.15, 0.2) is 5.78 Å². The van der Waals surface area contributed by atoms with Gasteiger partial charge in [0.25, 0.3) is 5.56 Å². The molecule has 0 spiro atoms. The van der Waals surface area contributed by atoms with Gasteiger partial charge in [-0.1, -0.05) is 46.3 Å². The fraction of sp³-hybridized carbons (Fsp3) is 0.136. The van der Waals surface area contributed by atoms with Crippen molar-refractivity contribution in [1.82, 2.24) is 9.55 Å². The van der Waals surface area contributed by atoms with Crippen LogP contribution in [0.3, 0.4) is 0 Å². The summed E-state index contributed by atoms with van der Waals surface area (Å²) < 4.78 is 2.30. The minimum absolute atomic E-state index is 0.0361. The van der Waals surface area contributed by atoms with Gasteiger partial charge in [-0.3, -0.25) is 14.2 Å². The van der Waals surface area contributed by atoms with E-state index in [0.29, 0.717) is 15.8 Å². The molecule has 2 aromatic carbocycles. The standard InChI is InChI=1S/C22H17BrN2O2S/c1-13-3-4-16(9-14(13)2)18-11-28-21-20(18)22(27)25(12-24-21)10-19(26)15-5-7-17(23)8-6-15/h3-9,11-12H,10H2,1-2H3. The molecule has 28 heavy (non-hydrogen) atoms. The molecule has 6 heteroatoms. The zero-order chi connectivity index (χ0) is 19.8. The van der Waals surface area contributed by atoms with Gasteiger partial charge in [-0.05, 0) is 42.7 Å². The van der Waals surface area contributed by atoms with Gasteiger partial charge in [0.2, 0.25) is 0 Å². The summed E-state index contributed by atoms with van der Waals surface area (Å²) in [5.74, 6) is -0.126. The SMILES string of the molecule is Cc1ccc(-c2csc3ncn(CC(=O)c4ccc(Br)cc4)c(=O)c23)cc1C. The summed E-state index contributed by atoms with van der Waals surface area (Å²) in [4.78, 5) is 30.8. The number of rotatable bonds is 4. The number of carbonyl (C=O) groups excluding carboxylic acids is 1. The number of carbonyl (C=O) groups is 1. The highest BCUT2D eigenvalue weighted by Gasteiger charge is 2.15. The van der Waals surface area contributed by atoms with Gasteiger partial charge in [0.05, 0.1) is 18.3 Å². The van der Waals surface area contributed by atoms with Gasteiger partial charge in [-0.15, -0.1) is 11.3 Å². The third-order valence-corrected chi connectivity index (χ3v) is 6.27. The number of benzene rings is 2. The van der Waals surface area contributed by atoms with Gasteiger partial charge in [0, 0.05) is 21.0 Å². The Balaban J connectivity index is 1.76. The van der Waals surface area contributed by atoms with Crippen molar-refractivity contribution in [1.29, 1.82) is 0 Å². The number of ketones is 1. The van der Waals surface area contributed by atoms with Gasteiger partial charge in [0.1, 0.15) is 4.83 Å². The second-order valence-corrected chi connectivity index (χ2v) is 8.51. The second kappa shape index (κ2) is 7.45. The maximum atomic E-state index is 13.1. The number of fused-ring (bicyclic) bond motifs is 1. The summed E-state index contributed by atoms with van der Waals surface area (Å²) in [6.07, 6.45) is 1.46. The predicted molar refractivity (Wildman–Crippen MR) is 117 cm³/mol. The summed E-state index contributed by atoms with van der Waals surface area (Å²) in [7, 11) is 0. The molecule has 0 saturated heterocycles. The van der Waals surface area contributed by atoms with E-state index in [1.807, 2.05) is 23.6 Å². The molecule has 0 aliphatic rings. The Kier molecular flexibility index (Phi) is 5.00. The maximum Gasteiger partial charge on any atom is 0.263 e. The van der Waals surface area contributed by atoms with Gasteiger partial charge < -0.3 is 0 Å². The number of halogens is 1. The smallest absolute Gasteiger partial charge is 0.263 e. The average Bonchev–Trinajstić information content (AvgIpc) is 3.11. The van der Waals surface area contributed by atoms with Crippen LogP contribution in [-0.2, 0) is 6.54 Å². The van der Waals surface area contributed by atoms with E-state index in [0.717, 1.165) is 15.6 Å². The largest absolute Gasteiger partial charge is 0.292 e. The average molecular weight is 453 g/mol. The first-order valence-corrected chi connectivity index (χ1v) is 10.4. The number of hydrogen-bond acceptors (Lipinski definition) is 4. The fourth-order valence-corrected chi connectivity index (χ4v) is 4.25. The third-order valence-electron chi connectivity index (χ3n) is 4.86. The maximum absolute atomic E-state index is 13.1. The summed E-state index contributed by atoms with van der Waals surface area (Å²) in [5.41, 5.74) is 4.61. The first-order chi connectivity index (χ1) is 13.4. The monoisotopic (exact) mass is 452 g/mol. The number of nitrogens with zero attached hydrogens (tertiary/aromatic N) is 2.